The zero-order valence-electron chi connectivity index (χ0n) is 13.4. The fraction of sp³-hybridized carbons (Fsp3) is 1.00. The van der Waals surface area contributed by atoms with Gasteiger partial charge in [-0.1, -0.05) is 20.8 Å². The number of rotatable bonds is 8. The second-order valence-corrected chi connectivity index (χ2v) is 8.01. The van der Waals surface area contributed by atoms with Crippen LogP contribution in [-0.4, -0.2) is 44.9 Å². The Morgan fingerprint density at radius 1 is 1.20 bits per heavy atom. The molecule has 0 aliphatic carbocycles. The van der Waals surface area contributed by atoms with E-state index in [-0.39, 0.29) is 6.04 Å². The van der Waals surface area contributed by atoms with Crippen LogP contribution < -0.4 is 10.0 Å². The van der Waals surface area contributed by atoms with E-state index in [9.17, 15) is 8.42 Å². The average molecular weight is 305 g/mol. The molecule has 0 aromatic heterocycles. The van der Waals surface area contributed by atoms with Crippen LogP contribution in [0.3, 0.4) is 0 Å². The quantitative estimate of drug-likeness (QED) is 0.716. The van der Waals surface area contributed by atoms with Crippen LogP contribution in [0.5, 0.6) is 0 Å². The van der Waals surface area contributed by atoms with Crippen LogP contribution >= 0.6 is 0 Å². The van der Waals surface area contributed by atoms with Crippen molar-refractivity contribution in [3.63, 3.8) is 0 Å². The molecule has 0 aromatic carbocycles. The smallest absolute Gasteiger partial charge is 0.279 e. The summed E-state index contributed by atoms with van der Waals surface area (Å²) >= 11 is 0. The SMILES string of the molecule is CCNCC1CCN(S(=O)(=O)NC(C)CC(C)C)CC1. The molecule has 1 aliphatic rings. The van der Waals surface area contributed by atoms with Gasteiger partial charge in [0.25, 0.3) is 10.2 Å². The Morgan fingerprint density at radius 3 is 2.30 bits per heavy atom. The number of nitrogens with one attached hydrogen (secondary N) is 2. The van der Waals surface area contributed by atoms with Gasteiger partial charge < -0.3 is 5.32 Å². The maximum atomic E-state index is 12.3. The van der Waals surface area contributed by atoms with E-state index in [4.69, 9.17) is 0 Å². The van der Waals surface area contributed by atoms with E-state index in [1.54, 1.807) is 4.31 Å². The summed E-state index contributed by atoms with van der Waals surface area (Å²) in [6, 6.07) is -0.000480. The predicted molar refractivity (Wildman–Crippen MR) is 83.8 cm³/mol. The fourth-order valence-electron chi connectivity index (χ4n) is 2.79. The highest BCUT2D eigenvalue weighted by molar-refractivity contribution is 7.87. The van der Waals surface area contributed by atoms with Crippen molar-refractivity contribution >= 4 is 10.2 Å². The molecule has 1 unspecified atom stereocenters. The van der Waals surface area contributed by atoms with Crippen molar-refractivity contribution < 1.29 is 8.42 Å². The molecule has 1 fully saturated rings. The third-order valence-corrected chi connectivity index (χ3v) is 5.52. The van der Waals surface area contributed by atoms with E-state index >= 15 is 0 Å². The zero-order valence-corrected chi connectivity index (χ0v) is 14.2. The van der Waals surface area contributed by atoms with Gasteiger partial charge in [0.2, 0.25) is 0 Å². The molecule has 1 rings (SSSR count). The van der Waals surface area contributed by atoms with Gasteiger partial charge in [0.05, 0.1) is 0 Å². The summed E-state index contributed by atoms with van der Waals surface area (Å²) in [7, 11) is -3.31. The Hall–Kier alpha value is -0.170. The Balaban J connectivity index is 2.42. The largest absolute Gasteiger partial charge is 0.317 e. The molecule has 0 radical (unpaired) electrons. The van der Waals surface area contributed by atoms with Crippen molar-refractivity contribution in [2.75, 3.05) is 26.2 Å². The van der Waals surface area contributed by atoms with E-state index in [2.05, 4.69) is 30.8 Å². The van der Waals surface area contributed by atoms with Crippen LogP contribution in [0.1, 0.15) is 47.0 Å². The van der Waals surface area contributed by atoms with Crippen molar-refractivity contribution in [2.24, 2.45) is 11.8 Å². The molecule has 0 bridgehead atoms. The zero-order chi connectivity index (χ0) is 15.2. The van der Waals surface area contributed by atoms with Crippen LogP contribution in [-0.2, 0) is 10.2 Å². The highest BCUT2D eigenvalue weighted by atomic mass is 32.2. The van der Waals surface area contributed by atoms with Gasteiger partial charge in [-0.25, -0.2) is 0 Å². The molecule has 0 amide bonds. The van der Waals surface area contributed by atoms with Gasteiger partial charge >= 0.3 is 0 Å². The van der Waals surface area contributed by atoms with Crippen LogP contribution in [0.15, 0.2) is 0 Å². The first-order chi connectivity index (χ1) is 9.35. The molecule has 0 saturated carbocycles. The first kappa shape index (κ1) is 17.9. The summed E-state index contributed by atoms with van der Waals surface area (Å²) in [5.74, 6) is 1.10. The van der Waals surface area contributed by atoms with Crippen LogP contribution in [0.25, 0.3) is 0 Å². The Bertz CT molecular complexity index is 363. The fourth-order valence-corrected chi connectivity index (χ4v) is 4.23. The van der Waals surface area contributed by atoms with Gasteiger partial charge in [-0.15, -0.1) is 0 Å². The molecule has 6 heteroatoms. The summed E-state index contributed by atoms with van der Waals surface area (Å²) in [5, 5.41) is 3.34. The second kappa shape index (κ2) is 8.32. The Kier molecular flexibility index (Phi) is 7.43. The van der Waals surface area contributed by atoms with Crippen molar-refractivity contribution in [2.45, 2.75) is 53.0 Å². The molecule has 120 valence electrons. The molecule has 1 aliphatic heterocycles. The lowest BCUT2D eigenvalue weighted by molar-refractivity contribution is 0.264. The normalized spacial score (nSPS) is 20.4. The minimum absolute atomic E-state index is 0.000480. The molecule has 20 heavy (non-hydrogen) atoms. The predicted octanol–water partition coefficient (Wildman–Crippen LogP) is 1.58. The third-order valence-electron chi connectivity index (χ3n) is 3.77. The Labute approximate surface area is 124 Å². The number of hydrogen-bond acceptors (Lipinski definition) is 3. The molecule has 5 nitrogen and oxygen atoms in total. The van der Waals surface area contributed by atoms with Gasteiger partial charge in [-0.05, 0) is 51.1 Å². The van der Waals surface area contributed by atoms with Gasteiger partial charge in [-0.2, -0.15) is 17.4 Å². The van der Waals surface area contributed by atoms with E-state index in [1.807, 2.05) is 6.92 Å². The van der Waals surface area contributed by atoms with Gasteiger partial charge in [-0.3, -0.25) is 0 Å². The van der Waals surface area contributed by atoms with E-state index in [0.717, 1.165) is 32.4 Å². The molecule has 1 atom stereocenters. The molecule has 1 heterocycles. The van der Waals surface area contributed by atoms with Crippen molar-refractivity contribution in [3.05, 3.63) is 0 Å². The minimum Gasteiger partial charge on any atom is -0.317 e. The monoisotopic (exact) mass is 305 g/mol. The van der Waals surface area contributed by atoms with Crippen LogP contribution in [0, 0.1) is 11.8 Å². The summed E-state index contributed by atoms with van der Waals surface area (Å²) in [6.07, 6.45) is 2.77. The maximum Gasteiger partial charge on any atom is 0.279 e. The molecule has 0 spiro atoms. The summed E-state index contributed by atoms with van der Waals surface area (Å²) in [6.45, 7) is 11.5. The van der Waals surface area contributed by atoms with E-state index in [0.29, 0.717) is 24.9 Å². The van der Waals surface area contributed by atoms with Crippen LogP contribution in [0.2, 0.25) is 0 Å². The number of hydrogen-bond donors (Lipinski definition) is 2. The van der Waals surface area contributed by atoms with Crippen molar-refractivity contribution in [1.82, 2.24) is 14.3 Å². The first-order valence-electron chi connectivity index (χ1n) is 7.83. The lowest BCUT2D eigenvalue weighted by atomic mass is 9.98. The maximum absolute atomic E-state index is 12.3. The molecule has 2 N–H and O–H groups in total. The highest BCUT2D eigenvalue weighted by Gasteiger charge is 2.28. The summed E-state index contributed by atoms with van der Waals surface area (Å²) < 4.78 is 29.0. The van der Waals surface area contributed by atoms with E-state index < -0.39 is 10.2 Å². The average Bonchev–Trinajstić information content (AvgIpc) is 2.35. The topological polar surface area (TPSA) is 61.4 Å². The van der Waals surface area contributed by atoms with Gasteiger partial charge in [0.15, 0.2) is 0 Å². The lowest BCUT2D eigenvalue weighted by Crippen LogP contribution is -2.48. The van der Waals surface area contributed by atoms with Crippen molar-refractivity contribution in [3.8, 4) is 0 Å². The van der Waals surface area contributed by atoms with Crippen LogP contribution in [0.4, 0.5) is 0 Å². The first-order valence-corrected chi connectivity index (χ1v) is 9.27. The minimum atomic E-state index is -3.31. The molecular weight excluding hydrogens is 274 g/mol. The lowest BCUT2D eigenvalue weighted by Gasteiger charge is -2.32. The third kappa shape index (κ3) is 6.08. The molecular formula is C14H31N3O2S. The van der Waals surface area contributed by atoms with E-state index in [1.165, 1.54) is 0 Å². The van der Waals surface area contributed by atoms with Gasteiger partial charge in [0, 0.05) is 19.1 Å². The summed E-state index contributed by atoms with van der Waals surface area (Å²) in [4.78, 5) is 0. The number of piperidine rings is 1. The molecule has 0 aromatic rings. The second-order valence-electron chi connectivity index (χ2n) is 6.30. The Morgan fingerprint density at radius 2 is 1.80 bits per heavy atom. The standard InChI is InChI=1S/C14H31N3O2S/c1-5-15-11-14-6-8-17(9-7-14)20(18,19)16-13(4)10-12(2)3/h12-16H,5-11H2,1-4H3. The summed E-state index contributed by atoms with van der Waals surface area (Å²) in [5.41, 5.74) is 0. The molecule has 1 saturated heterocycles. The van der Waals surface area contributed by atoms with Crippen molar-refractivity contribution in [1.29, 1.82) is 0 Å². The van der Waals surface area contributed by atoms with Gasteiger partial charge in [0.1, 0.15) is 0 Å². The highest BCUT2D eigenvalue weighted by Crippen LogP contribution is 2.19. The number of nitrogens with zero attached hydrogens (tertiary/aromatic N) is 1.